The smallest absolute Gasteiger partial charge is 0.273 e. The summed E-state index contributed by atoms with van der Waals surface area (Å²) in [6.07, 6.45) is 7.24. The summed E-state index contributed by atoms with van der Waals surface area (Å²) in [6, 6.07) is 1.89. The summed E-state index contributed by atoms with van der Waals surface area (Å²) in [5.41, 5.74) is 0.372. The Bertz CT molecular complexity index is 335. The van der Waals surface area contributed by atoms with Gasteiger partial charge in [0.1, 0.15) is 6.26 Å². The number of hydrogen-bond donors (Lipinski definition) is 1. The van der Waals surface area contributed by atoms with E-state index in [0.29, 0.717) is 11.7 Å². The summed E-state index contributed by atoms with van der Waals surface area (Å²) >= 11 is 0. The summed E-state index contributed by atoms with van der Waals surface area (Å²) in [5.74, 6) is 0.669. The fraction of sp³-hybridized carbons (Fsp3) is 0.667. The molecule has 1 fully saturated rings. The Kier molecular flexibility index (Phi) is 3.59. The highest BCUT2D eigenvalue weighted by molar-refractivity contribution is 5.92. The van der Waals surface area contributed by atoms with Crippen LogP contribution in [0.2, 0.25) is 0 Å². The van der Waals surface area contributed by atoms with E-state index in [1.807, 2.05) is 0 Å². The third kappa shape index (κ3) is 2.84. The predicted octanol–water partition coefficient (Wildman–Crippen LogP) is 2.37. The van der Waals surface area contributed by atoms with Crippen LogP contribution in [0.3, 0.4) is 0 Å². The Hall–Kier alpha value is -1.32. The van der Waals surface area contributed by atoms with Crippen LogP contribution in [0.1, 0.15) is 49.5 Å². The first-order chi connectivity index (χ1) is 7.75. The predicted molar refractivity (Wildman–Crippen MR) is 60.0 cm³/mol. The van der Waals surface area contributed by atoms with Crippen molar-refractivity contribution in [2.75, 3.05) is 0 Å². The van der Waals surface area contributed by atoms with Gasteiger partial charge in [-0.1, -0.05) is 24.9 Å². The molecule has 1 N–H and O–H groups in total. The molecule has 16 heavy (non-hydrogen) atoms. The van der Waals surface area contributed by atoms with Gasteiger partial charge < -0.3 is 9.84 Å². The minimum absolute atomic E-state index is 0.117. The van der Waals surface area contributed by atoms with Gasteiger partial charge >= 0.3 is 0 Å². The molecule has 0 spiro atoms. The van der Waals surface area contributed by atoms with E-state index in [-0.39, 0.29) is 5.91 Å². The van der Waals surface area contributed by atoms with Crippen molar-refractivity contribution in [1.29, 1.82) is 0 Å². The number of carbonyl (C=O) groups excluding carboxylic acids is 1. The molecule has 1 aromatic rings. The molecule has 1 amide bonds. The molecule has 0 radical (unpaired) electrons. The van der Waals surface area contributed by atoms with Crippen molar-refractivity contribution in [1.82, 2.24) is 10.5 Å². The molecular formula is C12H18N2O2. The number of nitrogens with zero attached hydrogens (tertiary/aromatic N) is 1. The molecule has 1 heterocycles. The second kappa shape index (κ2) is 5.14. The Morgan fingerprint density at radius 3 is 3.06 bits per heavy atom. The zero-order valence-corrected chi connectivity index (χ0v) is 9.61. The van der Waals surface area contributed by atoms with Crippen molar-refractivity contribution in [3.05, 3.63) is 18.0 Å². The van der Waals surface area contributed by atoms with Gasteiger partial charge in [0.2, 0.25) is 0 Å². The molecule has 2 atom stereocenters. The molecule has 88 valence electrons. The van der Waals surface area contributed by atoms with E-state index in [1.54, 1.807) is 6.07 Å². The van der Waals surface area contributed by atoms with Crippen molar-refractivity contribution in [3.63, 3.8) is 0 Å². The number of aromatic nitrogens is 1. The molecule has 0 aromatic carbocycles. The first-order valence-electron chi connectivity index (χ1n) is 5.97. The van der Waals surface area contributed by atoms with Crippen molar-refractivity contribution in [2.24, 2.45) is 5.92 Å². The second-order valence-corrected chi connectivity index (χ2v) is 4.67. The summed E-state index contributed by atoms with van der Waals surface area (Å²) < 4.78 is 4.66. The number of rotatable bonds is 2. The third-order valence-electron chi connectivity index (χ3n) is 3.26. The Balaban J connectivity index is 1.87. The highest BCUT2D eigenvalue weighted by Gasteiger charge is 2.19. The van der Waals surface area contributed by atoms with Crippen LogP contribution in [-0.4, -0.2) is 17.1 Å². The lowest BCUT2D eigenvalue weighted by Gasteiger charge is -2.15. The summed E-state index contributed by atoms with van der Waals surface area (Å²) in [6.45, 7) is 2.28. The van der Waals surface area contributed by atoms with Gasteiger partial charge in [-0.05, 0) is 25.2 Å². The summed E-state index contributed by atoms with van der Waals surface area (Å²) in [5, 5.41) is 6.65. The molecular weight excluding hydrogens is 204 g/mol. The highest BCUT2D eigenvalue weighted by Crippen LogP contribution is 2.22. The second-order valence-electron chi connectivity index (χ2n) is 4.67. The minimum Gasteiger partial charge on any atom is -0.364 e. The van der Waals surface area contributed by atoms with Crippen LogP contribution in [-0.2, 0) is 0 Å². The maximum atomic E-state index is 11.7. The molecule has 1 aromatic heterocycles. The zero-order valence-electron chi connectivity index (χ0n) is 9.61. The van der Waals surface area contributed by atoms with E-state index in [9.17, 15) is 4.79 Å². The lowest BCUT2D eigenvalue weighted by atomic mass is 10.0. The fourth-order valence-corrected chi connectivity index (χ4v) is 2.22. The Morgan fingerprint density at radius 1 is 1.44 bits per heavy atom. The maximum absolute atomic E-state index is 11.7. The van der Waals surface area contributed by atoms with Crippen LogP contribution >= 0.6 is 0 Å². The minimum atomic E-state index is -0.117. The Labute approximate surface area is 95.4 Å². The van der Waals surface area contributed by atoms with Gasteiger partial charge in [-0.3, -0.25) is 4.79 Å². The normalized spacial score (nSPS) is 26.1. The summed E-state index contributed by atoms with van der Waals surface area (Å²) in [4.78, 5) is 11.7. The lowest BCUT2D eigenvalue weighted by Crippen LogP contribution is -2.34. The van der Waals surface area contributed by atoms with Crippen LogP contribution in [0.25, 0.3) is 0 Å². The van der Waals surface area contributed by atoms with Crippen molar-refractivity contribution in [2.45, 2.75) is 45.1 Å². The largest absolute Gasteiger partial charge is 0.364 e. The number of nitrogens with one attached hydrogen (secondary N) is 1. The van der Waals surface area contributed by atoms with Crippen LogP contribution in [0.4, 0.5) is 0 Å². The topological polar surface area (TPSA) is 55.1 Å². The van der Waals surface area contributed by atoms with Crippen molar-refractivity contribution in [3.8, 4) is 0 Å². The SMILES string of the molecule is CC1CCCC(NC(=O)c2ccon2)CC1. The first-order valence-corrected chi connectivity index (χ1v) is 5.97. The van der Waals surface area contributed by atoms with Gasteiger partial charge in [0.25, 0.3) is 5.91 Å². The Morgan fingerprint density at radius 2 is 2.31 bits per heavy atom. The van der Waals surface area contributed by atoms with Crippen molar-refractivity contribution >= 4 is 5.91 Å². The van der Waals surface area contributed by atoms with E-state index < -0.39 is 0 Å². The van der Waals surface area contributed by atoms with E-state index in [4.69, 9.17) is 0 Å². The number of carbonyl (C=O) groups is 1. The van der Waals surface area contributed by atoms with E-state index in [1.165, 1.54) is 25.5 Å². The number of amides is 1. The van der Waals surface area contributed by atoms with E-state index in [0.717, 1.165) is 18.8 Å². The fourth-order valence-electron chi connectivity index (χ4n) is 2.22. The zero-order chi connectivity index (χ0) is 11.4. The van der Waals surface area contributed by atoms with Gasteiger partial charge in [-0.2, -0.15) is 0 Å². The molecule has 1 saturated carbocycles. The summed E-state index contributed by atoms with van der Waals surface area (Å²) in [7, 11) is 0. The van der Waals surface area contributed by atoms with Gasteiger partial charge in [-0.15, -0.1) is 0 Å². The average Bonchev–Trinajstić information content (AvgIpc) is 2.72. The van der Waals surface area contributed by atoms with Gasteiger partial charge in [0, 0.05) is 12.1 Å². The van der Waals surface area contributed by atoms with Crippen LogP contribution in [0.15, 0.2) is 16.9 Å². The molecule has 4 heteroatoms. The third-order valence-corrected chi connectivity index (χ3v) is 3.26. The van der Waals surface area contributed by atoms with Crippen LogP contribution in [0, 0.1) is 5.92 Å². The standard InChI is InChI=1S/C12H18N2O2/c1-9-3-2-4-10(6-5-9)13-12(15)11-7-8-16-14-11/h7-10H,2-6H2,1H3,(H,13,15). The number of hydrogen-bond acceptors (Lipinski definition) is 3. The molecule has 1 aliphatic rings. The molecule has 0 bridgehead atoms. The quantitative estimate of drug-likeness (QED) is 0.781. The van der Waals surface area contributed by atoms with E-state index in [2.05, 4.69) is 21.9 Å². The molecule has 0 saturated heterocycles. The van der Waals surface area contributed by atoms with Gasteiger partial charge in [0.15, 0.2) is 5.69 Å². The van der Waals surface area contributed by atoms with Gasteiger partial charge in [0.05, 0.1) is 0 Å². The first kappa shape index (κ1) is 11.2. The lowest BCUT2D eigenvalue weighted by molar-refractivity contribution is 0.0924. The molecule has 2 rings (SSSR count). The van der Waals surface area contributed by atoms with E-state index >= 15 is 0 Å². The van der Waals surface area contributed by atoms with Gasteiger partial charge in [-0.25, -0.2) is 0 Å². The maximum Gasteiger partial charge on any atom is 0.273 e. The highest BCUT2D eigenvalue weighted by atomic mass is 16.5. The molecule has 1 aliphatic carbocycles. The molecule has 4 nitrogen and oxygen atoms in total. The molecule has 0 aliphatic heterocycles. The van der Waals surface area contributed by atoms with Crippen molar-refractivity contribution < 1.29 is 9.32 Å². The van der Waals surface area contributed by atoms with Crippen LogP contribution < -0.4 is 5.32 Å². The monoisotopic (exact) mass is 222 g/mol. The molecule has 2 unspecified atom stereocenters. The average molecular weight is 222 g/mol. The van der Waals surface area contributed by atoms with Crippen LogP contribution in [0.5, 0.6) is 0 Å².